The van der Waals surface area contributed by atoms with Crippen molar-refractivity contribution in [1.82, 2.24) is 0 Å². The van der Waals surface area contributed by atoms with Crippen molar-refractivity contribution in [2.75, 3.05) is 0 Å². The minimum absolute atomic E-state index is 0. The quantitative estimate of drug-likeness (QED) is 0.302. The first-order valence-corrected chi connectivity index (χ1v) is 0. The van der Waals surface area contributed by atoms with Crippen molar-refractivity contribution in [1.29, 1.82) is 0 Å². The molecule has 32 valence electrons. The second-order valence-electron chi connectivity index (χ2n) is 0. The van der Waals surface area contributed by atoms with E-state index in [0.717, 1.165) is 0 Å². The van der Waals surface area contributed by atoms with Crippen LogP contribution in [0.4, 0.5) is 0 Å². The van der Waals surface area contributed by atoms with Gasteiger partial charge in [-0.25, -0.2) is 0 Å². The zero-order valence-corrected chi connectivity index (χ0v) is 11.1. The molecule has 0 spiro atoms. The van der Waals surface area contributed by atoms with Crippen LogP contribution in [0.25, 0.3) is 0 Å². The smallest absolute Gasteiger partial charge is 1.00 e. The van der Waals surface area contributed by atoms with Crippen LogP contribution in [-0.4, -0.2) is 0 Å². The summed E-state index contributed by atoms with van der Waals surface area (Å²) < 4.78 is 0. The largest absolute Gasteiger partial charge is 2.00 e. The molecule has 5 heavy (non-hydrogen) atoms. The molecular weight excluding hydrogens is 346 g/mol. The van der Waals surface area contributed by atoms with Gasteiger partial charge >= 0.3 is 27.3 Å². The fraction of sp³-hybridized carbons (Fsp3) is 0. The Hall–Kier alpha value is 2.52. The van der Waals surface area contributed by atoms with Gasteiger partial charge in [0.25, 0.3) is 0 Å². The van der Waals surface area contributed by atoms with Crippen molar-refractivity contribution in [3.8, 4) is 0 Å². The normalized spacial score (nSPS) is 0. The van der Waals surface area contributed by atoms with Crippen molar-refractivity contribution in [2.45, 2.75) is 0 Å². The molecule has 0 atom stereocenters. The summed E-state index contributed by atoms with van der Waals surface area (Å²) in [5.74, 6) is 0. The van der Waals surface area contributed by atoms with Gasteiger partial charge in [0, 0.05) is 0 Å². The van der Waals surface area contributed by atoms with Crippen LogP contribution in [0.3, 0.4) is 0 Å². The van der Waals surface area contributed by atoms with E-state index in [4.69, 9.17) is 0 Å². The van der Waals surface area contributed by atoms with Crippen LogP contribution in [0.1, 0.15) is 0 Å². The maximum atomic E-state index is 0. The van der Waals surface area contributed by atoms with Gasteiger partial charge in [-0.15, -0.1) is 0 Å². The fourth-order valence-electron chi connectivity index (χ4n) is 0. The van der Waals surface area contributed by atoms with E-state index >= 15 is 0 Å². The first-order valence-electron chi connectivity index (χ1n) is 0. The van der Waals surface area contributed by atoms with Gasteiger partial charge in [-0.2, -0.15) is 0 Å². The summed E-state index contributed by atoms with van der Waals surface area (Å²) in [6.07, 6.45) is 0. The SMILES string of the molecule is [Cd+2].[Cl-].[Cl-].[Cl-].[IH2+]. The number of hydrogen-bond acceptors (Lipinski definition) is 0. The van der Waals surface area contributed by atoms with Gasteiger partial charge in [0.2, 0.25) is 24.0 Å². The summed E-state index contributed by atoms with van der Waals surface area (Å²) >= 11 is 0. The monoisotopic (exact) mass is 348 g/mol. The molecule has 0 nitrogen and oxygen atoms in total. The Bertz CT molecular complexity index is 6.85. The predicted molar refractivity (Wildman–Crippen MR) is 2.79 cm³/mol. The topological polar surface area (TPSA) is 0 Å². The van der Waals surface area contributed by atoms with Gasteiger partial charge in [-0.05, 0) is 0 Å². The maximum Gasteiger partial charge on any atom is 2.00 e. The van der Waals surface area contributed by atoms with Gasteiger partial charge < -0.3 is 37.2 Å². The molecule has 0 aliphatic heterocycles. The van der Waals surface area contributed by atoms with Crippen molar-refractivity contribution in [3.05, 3.63) is 0 Å². The third-order valence-electron chi connectivity index (χ3n) is 0. The zero-order valence-electron chi connectivity index (χ0n) is 2.29. The van der Waals surface area contributed by atoms with Crippen LogP contribution >= 0.6 is 0 Å². The van der Waals surface area contributed by atoms with Crippen molar-refractivity contribution in [2.24, 2.45) is 0 Å². The van der Waals surface area contributed by atoms with Crippen molar-refractivity contribution < 1.29 is 88.5 Å². The van der Waals surface area contributed by atoms with Crippen LogP contribution < -0.4 is 61.2 Å². The van der Waals surface area contributed by atoms with Crippen LogP contribution in [0.2, 0.25) is 0 Å². The molecule has 0 aliphatic rings. The Morgan fingerprint density at radius 1 is 0.600 bits per heavy atom. The first-order chi connectivity index (χ1) is 0. The molecule has 0 aliphatic carbocycles. The maximum absolute atomic E-state index is 0. The average molecular weight is 348 g/mol. The number of hydrogen-bond donors (Lipinski definition) is 0. The van der Waals surface area contributed by atoms with Gasteiger partial charge in [0.15, 0.2) is 0 Å². The molecule has 0 aromatic rings. The zero-order chi connectivity index (χ0) is 0. The second-order valence-corrected chi connectivity index (χ2v) is 0. The molecule has 0 heterocycles. The van der Waals surface area contributed by atoms with E-state index in [9.17, 15) is 0 Å². The predicted octanol–water partition coefficient (Wildman–Crippen LogP) is -12.5. The van der Waals surface area contributed by atoms with Crippen LogP contribution in [-0.2, 0) is 27.3 Å². The molecule has 0 amide bonds. The number of rotatable bonds is 0. The van der Waals surface area contributed by atoms with Gasteiger partial charge in [0.05, 0.1) is 0 Å². The molecule has 0 unspecified atom stereocenters. The third-order valence-corrected chi connectivity index (χ3v) is 0. The molecule has 0 rings (SSSR count). The minimum atomic E-state index is 0. The van der Waals surface area contributed by atoms with Crippen LogP contribution in [0.15, 0.2) is 0 Å². The summed E-state index contributed by atoms with van der Waals surface area (Å²) in [6.45, 7) is 0. The third kappa shape index (κ3) is 21.0. The Labute approximate surface area is 87.3 Å². The van der Waals surface area contributed by atoms with E-state index in [1.807, 2.05) is 0 Å². The molecule has 0 aromatic heterocycles. The van der Waals surface area contributed by atoms with Crippen molar-refractivity contribution in [3.63, 3.8) is 0 Å². The Morgan fingerprint density at radius 3 is 0.600 bits per heavy atom. The van der Waals surface area contributed by atoms with Gasteiger partial charge in [-0.1, -0.05) is 0 Å². The van der Waals surface area contributed by atoms with Crippen LogP contribution in [0.5, 0.6) is 0 Å². The summed E-state index contributed by atoms with van der Waals surface area (Å²) in [7, 11) is 0. The van der Waals surface area contributed by atoms with Crippen molar-refractivity contribution >= 4 is 0 Å². The molecule has 0 radical (unpaired) electrons. The Kier molecular flexibility index (Phi) is 315. The summed E-state index contributed by atoms with van der Waals surface area (Å²) in [5, 5.41) is 0. The minimum Gasteiger partial charge on any atom is -1.00 e. The molecule has 0 saturated heterocycles. The number of halogens is 4. The molecule has 0 N–H and O–H groups in total. The summed E-state index contributed by atoms with van der Waals surface area (Å²) in [5.41, 5.74) is 0. The van der Waals surface area contributed by atoms with Gasteiger partial charge in [0.1, 0.15) is 0 Å². The fourth-order valence-corrected chi connectivity index (χ4v) is 0. The standard InChI is InChI=1S/Cd.3ClH.H2I/h;3*1H;1H2/q+2;;;;+1/p-3. The van der Waals surface area contributed by atoms with E-state index in [0.29, 0.717) is 0 Å². The molecule has 0 saturated carbocycles. The van der Waals surface area contributed by atoms with Gasteiger partial charge in [-0.3, -0.25) is 0 Å². The average Bonchev–Trinajstić information content (AvgIpc) is 0. The first kappa shape index (κ1) is 50.3. The van der Waals surface area contributed by atoms with E-state index < -0.39 is 0 Å². The summed E-state index contributed by atoms with van der Waals surface area (Å²) in [4.78, 5) is 0. The Morgan fingerprint density at radius 2 is 0.600 bits per heavy atom. The second kappa shape index (κ2) is 31.3. The van der Waals surface area contributed by atoms with E-state index in [1.165, 1.54) is 0 Å². The molecule has 5 heteroatoms. The van der Waals surface area contributed by atoms with Crippen LogP contribution in [0, 0.1) is 0 Å². The molecular formula is H2CdCl3I. The van der Waals surface area contributed by atoms with E-state index in [-0.39, 0.29) is 88.5 Å². The molecule has 0 fully saturated rings. The summed E-state index contributed by atoms with van der Waals surface area (Å²) in [6, 6.07) is 0. The van der Waals surface area contributed by atoms with E-state index in [2.05, 4.69) is 0 Å². The Balaban J connectivity index is 0. The van der Waals surface area contributed by atoms with E-state index in [1.54, 1.807) is 0 Å². The molecule has 0 bridgehead atoms. The molecule has 0 aromatic carbocycles.